The summed E-state index contributed by atoms with van der Waals surface area (Å²) in [6.45, 7) is 4.25. The molecule has 0 aliphatic rings. The first-order valence-corrected chi connectivity index (χ1v) is 7.62. The molecule has 1 aromatic carbocycles. The van der Waals surface area contributed by atoms with Crippen molar-refractivity contribution in [2.24, 2.45) is 0 Å². The van der Waals surface area contributed by atoms with Gasteiger partial charge in [0.05, 0.1) is 0 Å². The lowest BCUT2D eigenvalue weighted by Crippen LogP contribution is -2.17. The molecule has 0 aliphatic heterocycles. The van der Waals surface area contributed by atoms with Gasteiger partial charge in [0.15, 0.2) is 0 Å². The van der Waals surface area contributed by atoms with E-state index in [0.717, 1.165) is 17.5 Å². The van der Waals surface area contributed by atoms with Crippen LogP contribution in [0.3, 0.4) is 0 Å². The number of nitrogens with one attached hydrogen (secondary N) is 1. The predicted octanol–water partition coefficient (Wildman–Crippen LogP) is 5.15. The highest BCUT2D eigenvalue weighted by Crippen LogP contribution is 2.23. The molecule has 2 heteroatoms. The number of hydrogen-bond donors (Lipinski definition) is 1. The molecular formula is C17H28FN. The second kappa shape index (κ2) is 9.08. The average molecular weight is 265 g/mol. The highest BCUT2D eigenvalue weighted by atomic mass is 19.1. The van der Waals surface area contributed by atoms with E-state index in [1.807, 2.05) is 26.1 Å². The van der Waals surface area contributed by atoms with E-state index in [1.165, 1.54) is 38.5 Å². The molecule has 0 saturated heterocycles. The largest absolute Gasteiger partial charge is 0.313 e. The van der Waals surface area contributed by atoms with Gasteiger partial charge in [-0.1, -0.05) is 63.1 Å². The molecule has 0 spiro atoms. The molecule has 0 fully saturated rings. The van der Waals surface area contributed by atoms with Gasteiger partial charge in [-0.2, -0.15) is 0 Å². The lowest BCUT2D eigenvalue weighted by atomic mass is 9.98. The minimum atomic E-state index is -0.0871. The molecule has 0 heterocycles. The number of halogens is 1. The Bertz CT molecular complexity index is 362. The van der Waals surface area contributed by atoms with Gasteiger partial charge >= 0.3 is 0 Å². The number of aryl methyl sites for hydroxylation is 1. The highest BCUT2D eigenvalue weighted by Gasteiger charge is 2.13. The smallest absolute Gasteiger partial charge is 0.127 e. The lowest BCUT2D eigenvalue weighted by Gasteiger charge is -2.18. The van der Waals surface area contributed by atoms with Gasteiger partial charge in [-0.25, -0.2) is 4.39 Å². The van der Waals surface area contributed by atoms with Crippen molar-refractivity contribution in [1.29, 1.82) is 0 Å². The van der Waals surface area contributed by atoms with Gasteiger partial charge in [0.1, 0.15) is 5.82 Å². The Labute approximate surface area is 117 Å². The summed E-state index contributed by atoms with van der Waals surface area (Å²) in [6.07, 6.45) is 8.70. The fraction of sp³-hybridized carbons (Fsp3) is 0.647. The zero-order valence-corrected chi connectivity index (χ0v) is 12.6. The minimum Gasteiger partial charge on any atom is -0.313 e. The SMILES string of the molecule is CCCCCCCCC(NC)c1cc(C)ccc1F. The van der Waals surface area contributed by atoms with E-state index >= 15 is 0 Å². The summed E-state index contributed by atoms with van der Waals surface area (Å²) in [5.74, 6) is -0.0871. The third kappa shape index (κ3) is 5.73. The van der Waals surface area contributed by atoms with Gasteiger partial charge in [-0.15, -0.1) is 0 Å². The molecule has 1 aromatic rings. The molecule has 0 saturated carbocycles. The molecule has 0 aliphatic carbocycles. The molecular weight excluding hydrogens is 237 g/mol. The molecule has 1 unspecified atom stereocenters. The molecule has 1 nitrogen and oxygen atoms in total. The Hall–Kier alpha value is -0.890. The Morgan fingerprint density at radius 3 is 2.47 bits per heavy atom. The highest BCUT2D eigenvalue weighted by molar-refractivity contribution is 5.26. The second-order valence-corrected chi connectivity index (χ2v) is 5.42. The molecule has 0 bridgehead atoms. The van der Waals surface area contributed by atoms with Crippen LogP contribution in [0.15, 0.2) is 18.2 Å². The van der Waals surface area contributed by atoms with Gasteiger partial charge < -0.3 is 5.32 Å². The number of unbranched alkanes of at least 4 members (excludes halogenated alkanes) is 5. The van der Waals surface area contributed by atoms with Crippen molar-refractivity contribution >= 4 is 0 Å². The van der Waals surface area contributed by atoms with Crippen molar-refractivity contribution in [2.75, 3.05) is 7.05 Å². The van der Waals surface area contributed by atoms with Crippen molar-refractivity contribution < 1.29 is 4.39 Å². The lowest BCUT2D eigenvalue weighted by molar-refractivity contribution is 0.476. The normalized spacial score (nSPS) is 12.6. The monoisotopic (exact) mass is 265 g/mol. The third-order valence-electron chi connectivity index (χ3n) is 3.72. The summed E-state index contributed by atoms with van der Waals surface area (Å²) in [5.41, 5.74) is 1.94. The summed E-state index contributed by atoms with van der Waals surface area (Å²) in [7, 11) is 1.92. The van der Waals surface area contributed by atoms with Crippen LogP contribution in [0.1, 0.15) is 69.0 Å². The van der Waals surface area contributed by atoms with E-state index < -0.39 is 0 Å². The molecule has 0 amide bonds. The van der Waals surface area contributed by atoms with Crippen LogP contribution in [0.25, 0.3) is 0 Å². The molecule has 0 aromatic heterocycles. The maximum atomic E-state index is 13.8. The third-order valence-corrected chi connectivity index (χ3v) is 3.72. The van der Waals surface area contributed by atoms with Crippen molar-refractivity contribution in [3.63, 3.8) is 0 Å². The van der Waals surface area contributed by atoms with E-state index in [1.54, 1.807) is 6.07 Å². The van der Waals surface area contributed by atoms with Crippen molar-refractivity contribution in [3.05, 3.63) is 35.1 Å². The first-order chi connectivity index (χ1) is 9.19. The minimum absolute atomic E-state index is 0.0871. The molecule has 0 radical (unpaired) electrons. The van der Waals surface area contributed by atoms with E-state index in [0.29, 0.717) is 0 Å². The first-order valence-electron chi connectivity index (χ1n) is 7.62. The molecule has 1 atom stereocenters. The maximum Gasteiger partial charge on any atom is 0.127 e. The second-order valence-electron chi connectivity index (χ2n) is 5.42. The number of benzene rings is 1. The Morgan fingerprint density at radius 2 is 1.79 bits per heavy atom. The van der Waals surface area contributed by atoms with Crippen LogP contribution in [0, 0.1) is 12.7 Å². The van der Waals surface area contributed by atoms with Crippen LogP contribution in [0.4, 0.5) is 4.39 Å². The Balaban J connectivity index is 2.42. The average Bonchev–Trinajstić information content (AvgIpc) is 2.41. The Morgan fingerprint density at radius 1 is 1.11 bits per heavy atom. The van der Waals surface area contributed by atoms with Crippen LogP contribution >= 0.6 is 0 Å². The first kappa shape index (κ1) is 16.2. The standard InChI is InChI=1S/C17H28FN/c1-4-5-6-7-8-9-10-17(19-3)15-13-14(2)11-12-16(15)18/h11-13,17,19H,4-10H2,1-3H3. The quantitative estimate of drug-likeness (QED) is 0.609. The zero-order valence-electron chi connectivity index (χ0n) is 12.6. The topological polar surface area (TPSA) is 12.0 Å². The van der Waals surface area contributed by atoms with E-state index in [9.17, 15) is 4.39 Å². The Kier molecular flexibility index (Phi) is 7.73. The van der Waals surface area contributed by atoms with E-state index in [2.05, 4.69) is 12.2 Å². The van der Waals surface area contributed by atoms with Gasteiger partial charge in [-0.05, 0) is 26.5 Å². The molecule has 108 valence electrons. The van der Waals surface area contributed by atoms with Crippen molar-refractivity contribution in [2.45, 2.75) is 64.8 Å². The summed E-state index contributed by atoms with van der Waals surface area (Å²) >= 11 is 0. The summed E-state index contributed by atoms with van der Waals surface area (Å²) in [6, 6.07) is 5.52. The number of rotatable bonds is 9. The fourth-order valence-corrected chi connectivity index (χ4v) is 2.51. The summed E-state index contributed by atoms with van der Waals surface area (Å²) in [5, 5.41) is 3.25. The summed E-state index contributed by atoms with van der Waals surface area (Å²) in [4.78, 5) is 0. The van der Waals surface area contributed by atoms with Crippen molar-refractivity contribution in [3.8, 4) is 0 Å². The van der Waals surface area contributed by atoms with Crippen LogP contribution in [0.2, 0.25) is 0 Å². The van der Waals surface area contributed by atoms with E-state index in [4.69, 9.17) is 0 Å². The van der Waals surface area contributed by atoms with Gasteiger partial charge in [-0.3, -0.25) is 0 Å². The van der Waals surface area contributed by atoms with Crippen LogP contribution in [-0.4, -0.2) is 7.05 Å². The summed E-state index contributed by atoms with van der Waals surface area (Å²) < 4.78 is 13.8. The molecule has 19 heavy (non-hydrogen) atoms. The van der Waals surface area contributed by atoms with Gasteiger partial charge in [0, 0.05) is 11.6 Å². The van der Waals surface area contributed by atoms with Crippen LogP contribution < -0.4 is 5.32 Å². The van der Waals surface area contributed by atoms with Crippen molar-refractivity contribution in [1.82, 2.24) is 5.32 Å². The van der Waals surface area contributed by atoms with E-state index in [-0.39, 0.29) is 11.9 Å². The maximum absolute atomic E-state index is 13.8. The van der Waals surface area contributed by atoms with Crippen LogP contribution in [-0.2, 0) is 0 Å². The molecule has 1 N–H and O–H groups in total. The van der Waals surface area contributed by atoms with Crippen LogP contribution in [0.5, 0.6) is 0 Å². The predicted molar refractivity (Wildman–Crippen MR) is 80.9 cm³/mol. The molecule has 1 rings (SSSR count). The zero-order chi connectivity index (χ0) is 14.1. The number of hydrogen-bond acceptors (Lipinski definition) is 1. The fourth-order valence-electron chi connectivity index (χ4n) is 2.51. The van der Waals surface area contributed by atoms with Gasteiger partial charge in [0.25, 0.3) is 0 Å². The van der Waals surface area contributed by atoms with Gasteiger partial charge in [0.2, 0.25) is 0 Å².